The summed E-state index contributed by atoms with van der Waals surface area (Å²) in [5.74, 6) is -1.56. The second-order valence-electron chi connectivity index (χ2n) is 4.27. The molecule has 0 saturated carbocycles. The van der Waals surface area contributed by atoms with Gasteiger partial charge in [-0.1, -0.05) is 12.2 Å². The average molecular weight is 240 g/mol. The number of hydrogen-bond acceptors (Lipinski definition) is 5. The number of fused-ring (bicyclic) bond motifs is 1. The highest BCUT2D eigenvalue weighted by Crippen LogP contribution is 2.37. The molecule has 1 saturated heterocycles. The van der Waals surface area contributed by atoms with Gasteiger partial charge in [0, 0.05) is 13.0 Å². The quantitative estimate of drug-likeness (QED) is 0.304. The molecule has 1 heterocycles. The van der Waals surface area contributed by atoms with Gasteiger partial charge in [0.2, 0.25) is 0 Å². The lowest BCUT2D eigenvalue weighted by Gasteiger charge is -2.24. The normalized spacial score (nSPS) is 31.5. The van der Waals surface area contributed by atoms with Crippen molar-refractivity contribution in [3.63, 3.8) is 0 Å². The molecule has 0 bridgehead atoms. The van der Waals surface area contributed by atoms with Crippen molar-refractivity contribution in [1.82, 2.24) is 0 Å². The van der Waals surface area contributed by atoms with E-state index < -0.39 is 11.9 Å². The van der Waals surface area contributed by atoms with Crippen molar-refractivity contribution in [2.75, 3.05) is 26.9 Å². The van der Waals surface area contributed by atoms with Gasteiger partial charge in [0.25, 0.3) is 0 Å². The van der Waals surface area contributed by atoms with Gasteiger partial charge >= 0.3 is 11.9 Å². The Morgan fingerprint density at radius 3 is 2.94 bits per heavy atom. The number of cyclic esters (lactones) is 2. The van der Waals surface area contributed by atoms with Crippen molar-refractivity contribution >= 4 is 11.9 Å². The Morgan fingerprint density at radius 2 is 2.18 bits per heavy atom. The Bertz CT molecular complexity index is 336. The molecule has 1 aliphatic heterocycles. The Hall–Kier alpha value is -1.20. The molecule has 0 aromatic heterocycles. The number of ether oxygens (including phenoxy) is 3. The zero-order valence-electron chi connectivity index (χ0n) is 9.76. The van der Waals surface area contributed by atoms with Gasteiger partial charge in [-0.25, -0.2) is 0 Å². The van der Waals surface area contributed by atoms with Crippen LogP contribution in [0.5, 0.6) is 0 Å². The first-order valence-corrected chi connectivity index (χ1v) is 5.73. The number of allylic oxidation sites excluding steroid dienone is 1. The monoisotopic (exact) mass is 240 g/mol. The maximum Gasteiger partial charge on any atom is 0.318 e. The van der Waals surface area contributed by atoms with Crippen molar-refractivity contribution in [3.8, 4) is 0 Å². The van der Waals surface area contributed by atoms with Crippen LogP contribution in [-0.4, -0.2) is 38.9 Å². The largest absolute Gasteiger partial charge is 0.393 e. The van der Waals surface area contributed by atoms with Crippen molar-refractivity contribution in [2.24, 2.45) is 17.8 Å². The molecular weight excluding hydrogens is 224 g/mol. The van der Waals surface area contributed by atoms with Crippen LogP contribution in [0.3, 0.4) is 0 Å². The topological polar surface area (TPSA) is 61.8 Å². The predicted octanol–water partition coefficient (Wildman–Crippen LogP) is 0.541. The summed E-state index contributed by atoms with van der Waals surface area (Å²) in [6, 6.07) is 0. The molecular formula is C12H16O5. The number of esters is 2. The van der Waals surface area contributed by atoms with Gasteiger partial charge in [-0.3, -0.25) is 9.59 Å². The minimum absolute atomic E-state index is 0.0652. The number of rotatable bonds is 5. The molecule has 17 heavy (non-hydrogen) atoms. The van der Waals surface area contributed by atoms with E-state index in [1.807, 2.05) is 12.2 Å². The van der Waals surface area contributed by atoms with Gasteiger partial charge < -0.3 is 14.2 Å². The van der Waals surface area contributed by atoms with E-state index in [0.29, 0.717) is 26.2 Å². The fraction of sp³-hybridized carbons (Fsp3) is 0.667. The van der Waals surface area contributed by atoms with E-state index in [2.05, 4.69) is 4.74 Å². The Balaban J connectivity index is 1.93. The summed E-state index contributed by atoms with van der Waals surface area (Å²) in [4.78, 5) is 23.0. The lowest BCUT2D eigenvalue weighted by molar-refractivity contribution is -0.154. The summed E-state index contributed by atoms with van der Waals surface area (Å²) >= 11 is 0. The van der Waals surface area contributed by atoms with Crippen molar-refractivity contribution in [2.45, 2.75) is 6.42 Å². The third kappa shape index (κ3) is 2.56. The fourth-order valence-electron chi connectivity index (χ4n) is 2.31. The first kappa shape index (κ1) is 12.3. The molecule has 5 heteroatoms. The minimum atomic E-state index is -0.412. The molecule has 94 valence electrons. The van der Waals surface area contributed by atoms with Gasteiger partial charge in [0.1, 0.15) is 0 Å². The molecule has 3 unspecified atom stereocenters. The van der Waals surface area contributed by atoms with Crippen molar-refractivity contribution in [3.05, 3.63) is 12.2 Å². The van der Waals surface area contributed by atoms with Gasteiger partial charge in [-0.2, -0.15) is 0 Å². The van der Waals surface area contributed by atoms with E-state index >= 15 is 0 Å². The molecule has 0 spiro atoms. The zero-order chi connectivity index (χ0) is 12.3. The number of methoxy groups -OCH3 is 1. The highest BCUT2D eigenvalue weighted by atomic mass is 16.6. The summed E-state index contributed by atoms with van der Waals surface area (Å²) in [6.45, 7) is 1.43. The number of carbonyl (C=O) groups excluding carboxylic acids is 2. The summed E-state index contributed by atoms with van der Waals surface area (Å²) in [6.07, 6.45) is 4.45. The van der Waals surface area contributed by atoms with E-state index in [0.717, 1.165) is 0 Å². The third-order valence-corrected chi connectivity index (χ3v) is 3.19. The molecule has 3 atom stereocenters. The van der Waals surface area contributed by atoms with E-state index in [1.54, 1.807) is 7.11 Å². The second-order valence-corrected chi connectivity index (χ2v) is 4.27. The molecule has 2 aliphatic rings. The van der Waals surface area contributed by atoms with E-state index in [9.17, 15) is 9.59 Å². The SMILES string of the molecule is COCCOCC1C=CCC2C(=O)OC(=O)C12. The average Bonchev–Trinajstić information content (AvgIpc) is 2.62. The van der Waals surface area contributed by atoms with Gasteiger partial charge in [0.15, 0.2) is 0 Å². The van der Waals surface area contributed by atoms with E-state index in [4.69, 9.17) is 9.47 Å². The van der Waals surface area contributed by atoms with Crippen LogP contribution in [0.4, 0.5) is 0 Å². The van der Waals surface area contributed by atoms with E-state index in [-0.39, 0.29) is 17.8 Å². The molecule has 0 aromatic carbocycles. The van der Waals surface area contributed by atoms with Crippen LogP contribution in [0.2, 0.25) is 0 Å². The van der Waals surface area contributed by atoms with Crippen LogP contribution in [-0.2, 0) is 23.8 Å². The molecule has 1 fully saturated rings. The van der Waals surface area contributed by atoms with Crippen molar-refractivity contribution in [1.29, 1.82) is 0 Å². The fourth-order valence-corrected chi connectivity index (χ4v) is 2.31. The number of carbonyl (C=O) groups is 2. The molecule has 0 N–H and O–H groups in total. The Labute approximate surface area is 99.7 Å². The van der Waals surface area contributed by atoms with E-state index in [1.165, 1.54) is 0 Å². The smallest absolute Gasteiger partial charge is 0.318 e. The Morgan fingerprint density at radius 1 is 1.35 bits per heavy atom. The Kier molecular flexibility index (Phi) is 3.91. The van der Waals surface area contributed by atoms with Gasteiger partial charge in [-0.15, -0.1) is 0 Å². The van der Waals surface area contributed by atoms with Crippen LogP contribution in [0.25, 0.3) is 0 Å². The second kappa shape index (κ2) is 5.42. The molecule has 0 amide bonds. The molecule has 5 nitrogen and oxygen atoms in total. The molecule has 0 radical (unpaired) electrons. The summed E-state index contributed by atoms with van der Waals surface area (Å²) in [7, 11) is 1.60. The zero-order valence-corrected chi connectivity index (χ0v) is 9.76. The van der Waals surface area contributed by atoms with Crippen molar-refractivity contribution < 1.29 is 23.8 Å². The third-order valence-electron chi connectivity index (χ3n) is 3.19. The van der Waals surface area contributed by atoms with Crippen LogP contribution < -0.4 is 0 Å². The lowest BCUT2D eigenvalue weighted by Crippen LogP contribution is -2.31. The minimum Gasteiger partial charge on any atom is -0.393 e. The van der Waals surface area contributed by atoms with Gasteiger partial charge in [-0.05, 0) is 6.42 Å². The van der Waals surface area contributed by atoms with Crippen LogP contribution >= 0.6 is 0 Å². The van der Waals surface area contributed by atoms with Crippen LogP contribution in [0.1, 0.15) is 6.42 Å². The number of hydrogen-bond donors (Lipinski definition) is 0. The predicted molar refractivity (Wildman–Crippen MR) is 58.0 cm³/mol. The summed E-state index contributed by atoms with van der Waals surface area (Å²) < 4.78 is 14.9. The molecule has 2 rings (SSSR count). The summed E-state index contributed by atoms with van der Waals surface area (Å²) in [5, 5.41) is 0. The maximum atomic E-state index is 11.6. The molecule has 0 aromatic rings. The standard InChI is InChI=1S/C12H16O5/c1-15-5-6-16-7-8-3-2-4-9-10(8)12(14)17-11(9)13/h2-3,8-10H,4-7H2,1H3. The lowest BCUT2D eigenvalue weighted by atomic mass is 9.78. The highest BCUT2D eigenvalue weighted by molar-refractivity contribution is 5.97. The molecule has 1 aliphatic carbocycles. The maximum absolute atomic E-state index is 11.6. The first-order chi connectivity index (χ1) is 8.24. The highest BCUT2D eigenvalue weighted by Gasteiger charge is 2.48. The first-order valence-electron chi connectivity index (χ1n) is 5.73. The van der Waals surface area contributed by atoms with Crippen LogP contribution in [0.15, 0.2) is 12.2 Å². The van der Waals surface area contributed by atoms with Gasteiger partial charge in [0.05, 0.1) is 31.7 Å². The summed E-state index contributed by atoms with van der Waals surface area (Å²) in [5.41, 5.74) is 0. The van der Waals surface area contributed by atoms with Crippen LogP contribution in [0, 0.1) is 17.8 Å².